The van der Waals surface area contributed by atoms with Crippen molar-refractivity contribution in [1.29, 1.82) is 0 Å². The molecule has 0 radical (unpaired) electrons. The summed E-state index contributed by atoms with van der Waals surface area (Å²) in [4.78, 5) is 4.66. The first-order valence-electron chi connectivity index (χ1n) is 7.67. The highest BCUT2D eigenvalue weighted by Crippen LogP contribution is 2.17. The molecular weight excluding hydrogens is 379 g/mol. The van der Waals surface area contributed by atoms with Gasteiger partial charge in [-0.05, 0) is 40.0 Å². The lowest BCUT2D eigenvalue weighted by atomic mass is 10.1. The Morgan fingerprint density at radius 1 is 1.33 bits per heavy atom. The van der Waals surface area contributed by atoms with Crippen LogP contribution in [-0.2, 0) is 6.42 Å². The summed E-state index contributed by atoms with van der Waals surface area (Å²) in [6.07, 6.45) is 6.05. The zero-order valence-corrected chi connectivity index (χ0v) is 15.6. The smallest absolute Gasteiger partial charge is 0.191 e. The van der Waals surface area contributed by atoms with Crippen molar-refractivity contribution >= 4 is 29.9 Å². The Kier molecular flexibility index (Phi) is 8.06. The first-order chi connectivity index (χ1) is 9.70. The number of guanidine groups is 1. The SMILES string of the molecule is CCNC(=NCCc1c(C)noc1C)NC1CCCC1.I. The minimum absolute atomic E-state index is 0. The van der Waals surface area contributed by atoms with Crippen LogP contribution < -0.4 is 10.6 Å². The molecule has 2 rings (SSSR count). The second kappa shape index (κ2) is 9.27. The van der Waals surface area contributed by atoms with Gasteiger partial charge in [-0.15, -0.1) is 24.0 Å². The lowest BCUT2D eigenvalue weighted by Gasteiger charge is -2.16. The van der Waals surface area contributed by atoms with Gasteiger partial charge in [-0.3, -0.25) is 4.99 Å². The van der Waals surface area contributed by atoms with Crippen molar-refractivity contribution in [2.45, 2.75) is 58.9 Å². The molecule has 0 aliphatic heterocycles. The van der Waals surface area contributed by atoms with E-state index < -0.39 is 0 Å². The molecule has 2 N–H and O–H groups in total. The van der Waals surface area contributed by atoms with E-state index in [1.165, 1.54) is 31.2 Å². The third-order valence-electron chi connectivity index (χ3n) is 3.85. The molecule has 1 fully saturated rings. The molecule has 0 saturated heterocycles. The molecule has 120 valence electrons. The number of rotatable bonds is 5. The first-order valence-corrected chi connectivity index (χ1v) is 7.67. The van der Waals surface area contributed by atoms with Crippen molar-refractivity contribution in [3.05, 3.63) is 17.0 Å². The summed E-state index contributed by atoms with van der Waals surface area (Å²) in [5.74, 6) is 1.85. The number of aryl methyl sites for hydroxylation is 2. The van der Waals surface area contributed by atoms with Crippen LogP contribution in [0.4, 0.5) is 0 Å². The van der Waals surface area contributed by atoms with Crippen molar-refractivity contribution in [3.8, 4) is 0 Å². The Balaban J connectivity index is 0.00000220. The predicted molar refractivity (Wildman–Crippen MR) is 96.5 cm³/mol. The molecule has 1 aliphatic carbocycles. The van der Waals surface area contributed by atoms with Gasteiger partial charge in [0.1, 0.15) is 5.76 Å². The molecule has 1 saturated carbocycles. The maximum Gasteiger partial charge on any atom is 0.191 e. The largest absolute Gasteiger partial charge is 0.361 e. The predicted octanol–water partition coefficient (Wildman–Crippen LogP) is 2.95. The van der Waals surface area contributed by atoms with Crippen molar-refractivity contribution < 1.29 is 4.52 Å². The van der Waals surface area contributed by atoms with Gasteiger partial charge in [-0.25, -0.2) is 0 Å². The van der Waals surface area contributed by atoms with Crippen LogP contribution in [0.3, 0.4) is 0 Å². The van der Waals surface area contributed by atoms with Crippen LogP contribution in [0.1, 0.15) is 49.6 Å². The lowest BCUT2D eigenvalue weighted by molar-refractivity contribution is 0.392. The Bertz CT molecular complexity index is 433. The molecule has 1 aromatic rings. The maximum atomic E-state index is 5.18. The fourth-order valence-corrected chi connectivity index (χ4v) is 2.72. The van der Waals surface area contributed by atoms with E-state index in [2.05, 4.69) is 27.7 Å². The summed E-state index contributed by atoms with van der Waals surface area (Å²) in [5, 5.41) is 10.8. The molecule has 0 bridgehead atoms. The normalized spacial score (nSPS) is 15.9. The molecule has 5 nitrogen and oxygen atoms in total. The van der Waals surface area contributed by atoms with E-state index in [1.54, 1.807) is 0 Å². The van der Waals surface area contributed by atoms with Crippen LogP contribution in [0, 0.1) is 13.8 Å². The fourth-order valence-electron chi connectivity index (χ4n) is 2.72. The molecule has 0 aromatic carbocycles. The van der Waals surface area contributed by atoms with Gasteiger partial charge in [0.2, 0.25) is 0 Å². The molecule has 0 unspecified atom stereocenters. The number of hydrogen-bond acceptors (Lipinski definition) is 3. The van der Waals surface area contributed by atoms with Crippen molar-refractivity contribution in [1.82, 2.24) is 15.8 Å². The fraction of sp³-hybridized carbons (Fsp3) is 0.733. The van der Waals surface area contributed by atoms with E-state index in [9.17, 15) is 0 Å². The van der Waals surface area contributed by atoms with E-state index in [0.29, 0.717) is 6.04 Å². The summed E-state index contributed by atoms with van der Waals surface area (Å²) < 4.78 is 5.18. The van der Waals surface area contributed by atoms with E-state index in [0.717, 1.165) is 36.9 Å². The number of aliphatic imine (C=N–C) groups is 1. The van der Waals surface area contributed by atoms with E-state index in [1.807, 2.05) is 13.8 Å². The van der Waals surface area contributed by atoms with Gasteiger partial charge in [-0.2, -0.15) is 0 Å². The van der Waals surface area contributed by atoms with Gasteiger partial charge in [0.25, 0.3) is 0 Å². The standard InChI is InChI=1S/C15H26N4O.HI/c1-4-16-15(18-13-7-5-6-8-13)17-10-9-14-11(2)19-20-12(14)3;/h13H,4-10H2,1-3H3,(H2,16,17,18);1H. The highest BCUT2D eigenvalue weighted by Gasteiger charge is 2.15. The molecule has 0 atom stereocenters. The maximum absolute atomic E-state index is 5.18. The third kappa shape index (κ3) is 5.48. The van der Waals surface area contributed by atoms with Gasteiger partial charge in [0, 0.05) is 24.7 Å². The summed E-state index contributed by atoms with van der Waals surface area (Å²) in [6.45, 7) is 7.69. The van der Waals surface area contributed by atoms with E-state index in [4.69, 9.17) is 4.52 Å². The Morgan fingerprint density at radius 2 is 2.05 bits per heavy atom. The van der Waals surface area contributed by atoms with Gasteiger partial charge < -0.3 is 15.2 Å². The second-order valence-electron chi connectivity index (χ2n) is 5.44. The summed E-state index contributed by atoms with van der Waals surface area (Å²) in [6, 6.07) is 0.590. The van der Waals surface area contributed by atoms with Crippen LogP contribution >= 0.6 is 24.0 Å². The monoisotopic (exact) mass is 406 g/mol. The van der Waals surface area contributed by atoms with Crippen LogP contribution in [0.2, 0.25) is 0 Å². The number of nitrogens with one attached hydrogen (secondary N) is 2. The van der Waals surface area contributed by atoms with Crippen molar-refractivity contribution in [3.63, 3.8) is 0 Å². The third-order valence-corrected chi connectivity index (χ3v) is 3.85. The number of halogens is 1. The molecule has 21 heavy (non-hydrogen) atoms. The highest BCUT2D eigenvalue weighted by atomic mass is 127. The van der Waals surface area contributed by atoms with Gasteiger partial charge in [0.05, 0.1) is 5.69 Å². The molecule has 6 heteroatoms. The number of nitrogens with zero attached hydrogens (tertiary/aromatic N) is 2. The summed E-state index contributed by atoms with van der Waals surface area (Å²) >= 11 is 0. The van der Waals surface area contributed by atoms with Crippen molar-refractivity contribution in [2.24, 2.45) is 4.99 Å². The zero-order valence-electron chi connectivity index (χ0n) is 13.2. The van der Waals surface area contributed by atoms with Crippen LogP contribution in [0.25, 0.3) is 0 Å². The zero-order chi connectivity index (χ0) is 14.4. The quantitative estimate of drug-likeness (QED) is 0.449. The highest BCUT2D eigenvalue weighted by molar-refractivity contribution is 14.0. The van der Waals surface area contributed by atoms with Gasteiger partial charge in [-0.1, -0.05) is 18.0 Å². The van der Waals surface area contributed by atoms with Crippen molar-refractivity contribution in [2.75, 3.05) is 13.1 Å². The molecule has 1 aliphatic rings. The summed E-state index contributed by atoms with van der Waals surface area (Å²) in [5.41, 5.74) is 2.16. The second-order valence-corrected chi connectivity index (χ2v) is 5.44. The first kappa shape index (κ1) is 18.3. The Hall–Kier alpha value is -0.790. The topological polar surface area (TPSA) is 62.5 Å². The van der Waals surface area contributed by atoms with Gasteiger partial charge in [0.15, 0.2) is 5.96 Å². The van der Waals surface area contributed by atoms with Crippen LogP contribution in [0.5, 0.6) is 0 Å². The Morgan fingerprint density at radius 3 is 2.62 bits per heavy atom. The van der Waals surface area contributed by atoms with E-state index >= 15 is 0 Å². The minimum atomic E-state index is 0. The lowest BCUT2D eigenvalue weighted by Crippen LogP contribution is -2.42. The molecular formula is C15H27IN4O. The molecule has 1 aromatic heterocycles. The van der Waals surface area contributed by atoms with Gasteiger partial charge >= 0.3 is 0 Å². The Labute approximate surface area is 144 Å². The van der Waals surface area contributed by atoms with Crippen LogP contribution in [0.15, 0.2) is 9.52 Å². The number of aromatic nitrogens is 1. The summed E-state index contributed by atoms with van der Waals surface area (Å²) in [7, 11) is 0. The van der Waals surface area contributed by atoms with E-state index in [-0.39, 0.29) is 24.0 Å². The minimum Gasteiger partial charge on any atom is -0.361 e. The molecule has 0 spiro atoms. The molecule has 1 heterocycles. The number of hydrogen-bond donors (Lipinski definition) is 2. The molecule has 0 amide bonds. The average molecular weight is 406 g/mol. The van der Waals surface area contributed by atoms with Crippen LogP contribution in [-0.4, -0.2) is 30.2 Å². The average Bonchev–Trinajstić information content (AvgIpc) is 3.03.